The number of hydrogen-bond acceptors (Lipinski definition) is 5. The molecule has 2 heterocycles. The molecule has 1 atom stereocenters. The highest BCUT2D eigenvalue weighted by atomic mass is 35.5. The average Bonchev–Trinajstić information content (AvgIpc) is 3.27. The van der Waals surface area contributed by atoms with E-state index in [-0.39, 0.29) is 11.9 Å². The van der Waals surface area contributed by atoms with E-state index in [9.17, 15) is 4.79 Å². The fourth-order valence-electron chi connectivity index (χ4n) is 3.97. The molecule has 0 aliphatic carbocycles. The number of likely N-dealkylation sites (N-methyl/N-ethyl adjacent to an activating group) is 1. The summed E-state index contributed by atoms with van der Waals surface area (Å²) in [5.74, 6) is 0.470. The Kier molecular flexibility index (Phi) is 7.25. The molecule has 0 radical (unpaired) electrons. The van der Waals surface area contributed by atoms with Crippen LogP contribution in [0.1, 0.15) is 40.5 Å². The summed E-state index contributed by atoms with van der Waals surface area (Å²) in [4.78, 5) is 23.7. The second-order valence-corrected chi connectivity index (χ2v) is 8.78. The molecule has 7 heteroatoms. The summed E-state index contributed by atoms with van der Waals surface area (Å²) in [6.07, 6.45) is 1.49. The number of nitrogens with zero attached hydrogens (tertiary/aromatic N) is 4. The summed E-state index contributed by atoms with van der Waals surface area (Å²) in [7, 11) is 2.07. The van der Waals surface area contributed by atoms with Crippen molar-refractivity contribution in [3.63, 3.8) is 0 Å². The highest BCUT2D eigenvalue weighted by molar-refractivity contribution is 6.30. The molecule has 0 spiro atoms. The van der Waals surface area contributed by atoms with E-state index in [1.54, 1.807) is 0 Å². The third kappa shape index (κ3) is 5.57. The standard InChI is InChI=1S/C25H29ClN4O2/c1-19(21-8-4-3-5-9-21)30(16-20-7-6-10-22(26)15-20)17-24-27-23(18-32-24)25(31)29-13-11-28(2)12-14-29/h3-10,15,18-19H,11-14,16-17H2,1-2H3. The van der Waals surface area contributed by atoms with Crippen LogP contribution in [0.3, 0.4) is 0 Å². The Bertz CT molecular complexity index is 1030. The zero-order valence-electron chi connectivity index (χ0n) is 18.6. The molecule has 1 amide bonds. The summed E-state index contributed by atoms with van der Waals surface area (Å²) >= 11 is 6.21. The molecule has 3 aromatic rings. The minimum absolute atomic E-state index is 0.0643. The Balaban J connectivity index is 1.51. The number of rotatable bonds is 7. The zero-order valence-corrected chi connectivity index (χ0v) is 19.3. The Labute approximate surface area is 194 Å². The molecule has 1 unspecified atom stereocenters. The van der Waals surface area contributed by atoms with Crippen LogP contribution in [-0.2, 0) is 13.1 Å². The van der Waals surface area contributed by atoms with Gasteiger partial charge in [-0.15, -0.1) is 0 Å². The predicted octanol–water partition coefficient (Wildman–Crippen LogP) is 4.48. The monoisotopic (exact) mass is 452 g/mol. The molecule has 0 saturated carbocycles. The summed E-state index contributed by atoms with van der Waals surface area (Å²) in [6.45, 7) is 6.50. The zero-order chi connectivity index (χ0) is 22.5. The van der Waals surface area contributed by atoms with E-state index in [1.807, 2.05) is 41.3 Å². The van der Waals surface area contributed by atoms with E-state index in [2.05, 4.69) is 47.0 Å². The van der Waals surface area contributed by atoms with Crippen molar-refractivity contribution in [3.8, 4) is 0 Å². The molecule has 168 valence electrons. The summed E-state index contributed by atoms with van der Waals surface area (Å²) in [5, 5.41) is 0.714. The molecule has 1 aromatic heterocycles. The lowest BCUT2D eigenvalue weighted by atomic mass is 10.1. The first-order chi connectivity index (χ1) is 15.5. The van der Waals surface area contributed by atoms with Gasteiger partial charge >= 0.3 is 0 Å². The van der Waals surface area contributed by atoms with E-state index in [4.69, 9.17) is 16.0 Å². The van der Waals surface area contributed by atoms with Crippen LogP contribution in [0, 0.1) is 0 Å². The first kappa shape index (κ1) is 22.5. The van der Waals surface area contributed by atoms with Crippen LogP contribution in [-0.4, -0.2) is 58.8 Å². The van der Waals surface area contributed by atoms with Crippen molar-refractivity contribution in [2.45, 2.75) is 26.1 Å². The summed E-state index contributed by atoms with van der Waals surface area (Å²) < 4.78 is 5.74. The van der Waals surface area contributed by atoms with Crippen molar-refractivity contribution in [3.05, 3.63) is 88.6 Å². The number of amides is 1. The Hall–Kier alpha value is -2.67. The largest absolute Gasteiger partial charge is 0.447 e. The van der Waals surface area contributed by atoms with Gasteiger partial charge in [-0.2, -0.15) is 0 Å². The molecule has 2 aromatic carbocycles. The van der Waals surface area contributed by atoms with E-state index in [1.165, 1.54) is 11.8 Å². The second-order valence-electron chi connectivity index (χ2n) is 8.34. The molecule has 0 N–H and O–H groups in total. The van der Waals surface area contributed by atoms with Gasteiger partial charge in [0.1, 0.15) is 6.26 Å². The fourth-order valence-corrected chi connectivity index (χ4v) is 4.18. The van der Waals surface area contributed by atoms with E-state index in [0.29, 0.717) is 42.8 Å². The van der Waals surface area contributed by atoms with Gasteiger partial charge in [0.25, 0.3) is 5.91 Å². The van der Waals surface area contributed by atoms with Gasteiger partial charge in [0.15, 0.2) is 5.69 Å². The van der Waals surface area contributed by atoms with Crippen LogP contribution in [0.2, 0.25) is 5.02 Å². The van der Waals surface area contributed by atoms with Gasteiger partial charge in [0.05, 0.1) is 6.54 Å². The molecule has 32 heavy (non-hydrogen) atoms. The van der Waals surface area contributed by atoms with Crippen molar-refractivity contribution in [1.82, 2.24) is 19.7 Å². The number of benzene rings is 2. The van der Waals surface area contributed by atoms with Gasteiger partial charge in [-0.1, -0.05) is 54.1 Å². The molecule has 1 saturated heterocycles. The maximum Gasteiger partial charge on any atom is 0.275 e. The number of carbonyl (C=O) groups is 1. The predicted molar refractivity (Wildman–Crippen MR) is 125 cm³/mol. The number of carbonyl (C=O) groups excluding carboxylic acids is 1. The maximum absolute atomic E-state index is 12.8. The average molecular weight is 453 g/mol. The fraction of sp³-hybridized carbons (Fsp3) is 0.360. The first-order valence-corrected chi connectivity index (χ1v) is 11.3. The Morgan fingerprint density at radius 3 is 2.56 bits per heavy atom. The summed E-state index contributed by atoms with van der Waals surface area (Å²) in [5.41, 5.74) is 2.69. The van der Waals surface area contributed by atoms with Gasteiger partial charge in [-0.05, 0) is 37.2 Å². The number of hydrogen-bond donors (Lipinski definition) is 0. The lowest BCUT2D eigenvalue weighted by Crippen LogP contribution is -2.47. The van der Waals surface area contributed by atoms with Gasteiger partial charge in [0, 0.05) is 43.8 Å². The number of halogens is 1. The van der Waals surface area contributed by atoms with Gasteiger partial charge in [0.2, 0.25) is 5.89 Å². The third-order valence-corrected chi connectivity index (χ3v) is 6.24. The van der Waals surface area contributed by atoms with Crippen LogP contribution < -0.4 is 0 Å². The lowest BCUT2D eigenvalue weighted by molar-refractivity contribution is 0.0658. The van der Waals surface area contributed by atoms with Crippen molar-refractivity contribution in [1.29, 1.82) is 0 Å². The van der Waals surface area contributed by atoms with E-state index < -0.39 is 0 Å². The molecule has 1 fully saturated rings. The molecule has 0 bridgehead atoms. The molecule has 6 nitrogen and oxygen atoms in total. The highest BCUT2D eigenvalue weighted by Gasteiger charge is 2.24. The highest BCUT2D eigenvalue weighted by Crippen LogP contribution is 2.25. The quantitative estimate of drug-likeness (QED) is 0.529. The van der Waals surface area contributed by atoms with Crippen LogP contribution >= 0.6 is 11.6 Å². The Morgan fingerprint density at radius 2 is 1.84 bits per heavy atom. The lowest BCUT2D eigenvalue weighted by Gasteiger charge is -2.31. The van der Waals surface area contributed by atoms with Crippen molar-refractivity contribution in [2.75, 3.05) is 33.2 Å². The van der Waals surface area contributed by atoms with Gasteiger partial charge in [-0.25, -0.2) is 4.98 Å². The van der Waals surface area contributed by atoms with Crippen molar-refractivity contribution >= 4 is 17.5 Å². The maximum atomic E-state index is 12.8. The van der Waals surface area contributed by atoms with Gasteiger partial charge < -0.3 is 14.2 Å². The van der Waals surface area contributed by atoms with Crippen molar-refractivity contribution in [2.24, 2.45) is 0 Å². The smallest absolute Gasteiger partial charge is 0.275 e. The summed E-state index contributed by atoms with van der Waals surface area (Å²) in [6, 6.07) is 18.3. The van der Waals surface area contributed by atoms with Crippen LogP contribution in [0.25, 0.3) is 0 Å². The Morgan fingerprint density at radius 1 is 1.09 bits per heavy atom. The topological polar surface area (TPSA) is 52.8 Å². The number of aromatic nitrogens is 1. The molecule has 1 aliphatic rings. The number of oxazole rings is 1. The first-order valence-electron chi connectivity index (χ1n) is 11.0. The molecule has 1 aliphatic heterocycles. The molecular weight excluding hydrogens is 424 g/mol. The SMILES string of the molecule is CC(c1ccccc1)N(Cc1cccc(Cl)c1)Cc1nc(C(=O)N2CCN(C)CC2)co1. The minimum atomic E-state index is -0.0643. The second kappa shape index (κ2) is 10.3. The van der Waals surface area contributed by atoms with Crippen LogP contribution in [0.4, 0.5) is 0 Å². The normalized spacial score (nSPS) is 15.8. The van der Waals surface area contributed by atoms with Crippen LogP contribution in [0.15, 0.2) is 65.3 Å². The van der Waals surface area contributed by atoms with Crippen LogP contribution in [0.5, 0.6) is 0 Å². The third-order valence-electron chi connectivity index (χ3n) is 6.00. The number of piperazine rings is 1. The van der Waals surface area contributed by atoms with Crippen molar-refractivity contribution < 1.29 is 9.21 Å². The minimum Gasteiger partial charge on any atom is -0.447 e. The molecular formula is C25H29ClN4O2. The van der Waals surface area contributed by atoms with Gasteiger partial charge in [-0.3, -0.25) is 9.69 Å². The van der Waals surface area contributed by atoms with E-state index >= 15 is 0 Å². The van der Waals surface area contributed by atoms with E-state index in [0.717, 1.165) is 18.7 Å². The molecule has 4 rings (SSSR count).